The summed E-state index contributed by atoms with van der Waals surface area (Å²) in [6, 6.07) is 0. The fraction of sp³-hybridized carbons (Fsp3) is 1.00. The molecule has 1 saturated heterocycles. The van der Waals surface area contributed by atoms with Crippen LogP contribution < -0.4 is 0 Å². The largest absolute Gasteiger partial charge is 0.305 e. The number of likely N-dealkylation sites (tertiary alicyclic amines) is 1. The molecule has 0 aromatic rings. The van der Waals surface area contributed by atoms with Crippen molar-refractivity contribution in [2.24, 2.45) is 5.41 Å². The lowest BCUT2D eigenvalue weighted by molar-refractivity contribution is -0.0436. The molecule has 1 heteroatoms. The van der Waals surface area contributed by atoms with E-state index in [9.17, 15) is 0 Å². The Balaban J connectivity index is 0.000000269. The predicted octanol–water partition coefficient (Wildman–Crippen LogP) is 3.15. The van der Waals surface area contributed by atoms with E-state index >= 15 is 0 Å². The van der Waals surface area contributed by atoms with Crippen molar-refractivity contribution in [3.63, 3.8) is 0 Å². The van der Waals surface area contributed by atoms with Crippen LogP contribution in [-0.2, 0) is 0 Å². The summed E-state index contributed by atoms with van der Waals surface area (Å²) in [6.07, 6.45) is 4.52. The van der Waals surface area contributed by atoms with Gasteiger partial charge in [-0.25, -0.2) is 0 Å². The topological polar surface area (TPSA) is 3.24 Å². The van der Waals surface area contributed by atoms with E-state index in [2.05, 4.69) is 11.9 Å². The molecule has 1 aliphatic carbocycles. The number of hydrogen-bond donors (Lipinski definition) is 0. The Morgan fingerprint density at radius 1 is 0.917 bits per heavy atom. The van der Waals surface area contributed by atoms with Gasteiger partial charge in [0.25, 0.3) is 0 Å². The molecule has 12 heavy (non-hydrogen) atoms. The maximum Gasteiger partial charge on any atom is 0.00474 e. The third-order valence-corrected chi connectivity index (χ3v) is 2.62. The molecule has 74 valence electrons. The summed E-state index contributed by atoms with van der Waals surface area (Å²) in [4.78, 5) is 2.42. The van der Waals surface area contributed by atoms with Gasteiger partial charge in [-0.15, -0.1) is 0 Å². The maximum absolute atomic E-state index is 2.42. The van der Waals surface area contributed by atoms with Crippen molar-refractivity contribution in [2.75, 3.05) is 20.1 Å². The average Bonchev–Trinajstić information content (AvgIpc) is 2.03. The van der Waals surface area contributed by atoms with Gasteiger partial charge < -0.3 is 4.90 Å². The lowest BCUT2D eigenvalue weighted by Crippen LogP contribution is -2.57. The van der Waals surface area contributed by atoms with E-state index in [1.165, 1.54) is 32.4 Å². The Morgan fingerprint density at radius 2 is 1.33 bits per heavy atom. The van der Waals surface area contributed by atoms with E-state index in [1.807, 2.05) is 27.7 Å². The zero-order chi connectivity index (χ0) is 9.61. The van der Waals surface area contributed by atoms with E-state index in [1.54, 1.807) is 0 Å². The van der Waals surface area contributed by atoms with Gasteiger partial charge >= 0.3 is 0 Å². The molecule has 2 rings (SSSR count). The van der Waals surface area contributed by atoms with Gasteiger partial charge in [-0.1, -0.05) is 34.1 Å². The van der Waals surface area contributed by atoms with Crippen molar-refractivity contribution in [1.82, 2.24) is 4.90 Å². The van der Waals surface area contributed by atoms with Crippen LogP contribution in [0.1, 0.15) is 47.0 Å². The minimum Gasteiger partial charge on any atom is -0.305 e. The van der Waals surface area contributed by atoms with Gasteiger partial charge in [-0.2, -0.15) is 0 Å². The first kappa shape index (κ1) is 12.0. The van der Waals surface area contributed by atoms with Gasteiger partial charge in [0.2, 0.25) is 0 Å². The molecule has 0 N–H and O–H groups in total. The first-order valence-electron chi connectivity index (χ1n) is 5.49. The summed E-state index contributed by atoms with van der Waals surface area (Å²) in [5.74, 6) is 0. The van der Waals surface area contributed by atoms with Crippen LogP contribution in [0.5, 0.6) is 0 Å². The van der Waals surface area contributed by atoms with Gasteiger partial charge in [-0.05, 0) is 25.3 Å². The fourth-order valence-corrected chi connectivity index (χ4v) is 2.09. The quantitative estimate of drug-likeness (QED) is 0.541. The second-order valence-corrected chi connectivity index (χ2v) is 3.53. The highest BCUT2D eigenvalue weighted by Gasteiger charge is 2.45. The molecule has 1 spiro atoms. The Kier molecular flexibility index (Phi) is 5.56. The summed E-state index contributed by atoms with van der Waals surface area (Å²) in [5, 5.41) is 0. The molecule has 0 aromatic heterocycles. The Hall–Kier alpha value is -0.0400. The normalized spacial score (nSPS) is 23.8. The molecule has 0 amide bonds. The molecule has 0 aromatic carbocycles. The summed E-state index contributed by atoms with van der Waals surface area (Å²) >= 11 is 0. The van der Waals surface area contributed by atoms with Crippen molar-refractivity contribution < 1.29 is 0 Å². The zero-order valence-corrected chi connectivity index (χ0v) is 9.48. The van der Waals surface area contributed by atoms with Crippen LogP contribution in [0.25, 0.3) is 0 Å². The molecule has 0 unspecified atom stereocenters. The lowest BCUT2D eigenvalue weighted by atomic mass is 9.64. The van der Waals surface area contributed by atoms with Crippen molar-refractivity contribution >= 4 is 0 Å². The highest BCUT2D eigenvalue weighted by molar-refractivity contribution is 4.98. The van der Waals surface area contributed by atoms with E-state index in [0.29, 0.717) is 0 Å². The standard InChI is InChI=1S/C7H13N.2C2H6/c1-8-5-7(6-8)3-2-4-7;2*1-2/h2-6H2,1H3;2*1-2H3. The van der Waals surface area contributed by atoms with Gasteiger partial charge in [0, 0.05) is 13.1 Å². The molecule has 0 bridgehead atoms. The molecule has 1 saturated carbocycles. The molecule has 2 aliphatic rings. The van der Waals surface area contributed by atoms with Crippen molar-refractivity contribution in [2.45, 2.75) is 47.0 Å². The molecule has 2 fully saturated rings. The third kappa shape index (κ3) is 2.48. The minimum atomic E-state index is 0.842. The Labute approximate surface area is 78.1 Å². The third-order valence-electron chi connectivity index (χ3n) is 2.62. The molecular weight excluding hydrogens is 146 g/mol. The number of hydrogen-bond acceptors (Lipinski definition) is 1. The van der Waals surface area contributed by atoms with E-state index in [4.69, 9.17) is 0 Å². The monoisotopic (exact) mass is 171 g/mol. The fourth-order valence-electron chi connectivity index (χ4n) is 2.09. The zero-order valence-electron chi connectivity index (χ0n) is 9.48. The van der Waals surface area contributed by atoms with Crippen LogP contribution in [-0.4, -0.2) is 25.0 Å². The first-order chi connectivity index (χ1) is 5.81. The number of rotatable bonds is 0. The molecule has 0 atom stereocenters. The maximum atomic E-state index is 2.42. The van der Waals surface area contributed by atoms with Gasteiger partial charge in [0.1, 0.15) is 0 Å². The SMILES string of the molecule is CC.CC.CN1CC2(CCC2)C1. The van der Waals surface area contributed by atoms with E-state index in [-0.39, 0.29) is 0 Å². The predicted molar refractivity (Wildman–Crippen MR) is 56.5 cm³/mol. The first-order valence-corrected chi connectivity index (χ1v) is 5.49. The smallest absolute Gasteiger partial charge is 0.00474 e. The van der Waals surface area contributed by atoms with Crippen LogP contribution in [0.3, 0.4) is 0 Å². The summed E-state index contributed by atoms with van der Waals surface area (Å²) in [7, 11) is 2.21. The van der Waals surface area contributed by atoms with Crippen molar-refractivity contribution in [3.8, 4) is 0 Å². The van der Waals surface area contributed by atoms with Crippen LogP contribution in [0.2, 0.25) is 0 Å². The molecule has 1 nitrogen and oxygen atoms in total. The highest BCUT2D eigenvalue weighted by atomic mass is 15.2. The molecule has 0 radical (unpaired) electrons. The Bertz CT molecular complexity index is 97.6. The second-order valence-electron chi connectivity index (χ2n) is 3.53. The van der Waals surface area contributed by atoms with E-state index in [0.717, 1.165) is 5.41 Å². The summed E-state index contributed by atoms with van der Waals surface area (Å²) in [6.45, 7) is 10.8. The highest BCUT2D eigenvalue weighted by Crippen LogP contribution is 2.47. The van der Waals surface area contributed by atoms with Crippen molar-refractivity contribution in [1.29, 1.82) is 0 Å². The van der Waals surface area contributed by atoms with E-state index < -0.39 is 0 Å². The van der Waals surface area contributed by atoms with Crippen molar-refractivity contribution in [3.05, 3.63) is 0 Å². The van der Waals surface area contributed by atoms with Crippen LogP contribution in [0.4, 0.5) is 0 Å². The van der Waals surface area contributed by atoms with Gasteiger partial charge in [0.15, 0.2) is 0 Å². The summed E-state index contributed by atoms with van der Waals surface area (Å²) < 4.78 is 0. The molecule has 1 aliphatic heterocycles. The minimum absolute atomic E-state index is 0.842. The molecule has 1 heterocycles. The lowest BCUT2D eigenvalue weighted by Gasteiger charge is -2.54. The van der Waals surface area contributed by atoms with Crippen LogP contribution in [0, 0.1) is 5.41 Å². The van der Waals surface area contributed by atoms with Gasteiger partial charge in [0.05, 0.1) is 0 Å². The van der Waals surface area contributed by atoms with Crippen LogP contribution >= 0.6 is 0 Å². The number of nitrogens with zero attached hydrogens (tertiary/aromatic N) is 1. The Morgan fingerprint density at radius 3 is 1.42 bits per heavy atom. The average molecular weight is 171 g/mol. The van der Waals surface area contributed by atoms with Gasteiger partial charge in [-0.3, -0.25) is 0 Å². The summed E-state index contributed by atoms with van der Waals surface area (Å²) in [5.41, 5.74) is 0.842. The van der Waals surface area contributed by atoms with Crippen LogP contribution in [0.15, 0.2) is 0 Å². The second kappa shape index (κ2) is 5.58. The molecular formula is C11H25N.